The van der Waals surface area contributed by atoms with Crippen LogP contribution in [0.15, 0.2) is 113 Å². The SMILES string of the molecule is COc1cccc(C2=C(C)C(Cc3ccccc3F)=NC3=NC(c4ccn(C)c4)=C(CN(C)CCc4ccccn4)[N+]32[O-])c1. The summed E-state index contributed by atoms with van der Waals surface area (Å²) in [5.41, 5.74) is 6.00. The van der Waals surface area contributed by atoms with Crippen LogP contribution >= 0.6 is 0 Å². The maximum Gasteiger partial charge on any atom is 0.340 e. The summed E-state index contributed by atoms with van der Waals surface area (Å²) in [5, 5.41) is 15.6. The minimum Gasteiger partial charge on any atom is -0.614 e. The number of guanidine groups is 1. The summed E-state index contributed by atoms with van der Waals surface area (Å²) < 4.78 is 21.4. The van der Waals surface area contributed by atoms with E-state index in [1.165, 1.54) is 6.07 Å². The zero-order valence-corrected chi connectivity index (χ0v) is 25.4. The Morgan fingerprint density at radius 3 is 2.55 bits per heavy atom. The molecule has 2 aliphatic rings. The molecule has 2 aliphatic heterocycles. The summed E-state index contributed by atoms with van der Waals surface area (Å²) in [5.74, 6) is 0.435. The van der Waals surface area contributed by atoms with E-state index < -0.39 is 4.65 Å². The Balaban J connectivity index is 1.48. The van der Waals surface area contributed by atoms with Crippen molar-refractivity contribution in [2.24, 2.45) is 17.0 Å². The highest BCUT2D eigenvalue weighted by Crippen LogP contribution is 2.47. The Kier molecular flexibility index (Phi) is 8.09. The fourth-order valence-electron chi connectivity index (χ4n) is 5.81. The third-order valence-electron chi connectivity index (χ3n) is 8.14. The number of hydrogen-bond acceptors (Lipinski definition) is 6. The third kappa shape index (κ3) is 5.53. The molecule has 44 heavy (non-hydrogen) atoms. The van der Waals surface area contributed by atoms with Gasteiger partial charge in [-0.1, -0.05) is 30.3 Å². The summed E-state index contributed by atoms with van der Waals surface area (Å²) in [7, 11) is 5.54. The highest BCUT2D eigenvalue weighted by atomic mass is 19.1. The number of nitrogens with zero attached hydrogens (tertiary/aromatic N) is 6. The molecule has 0 saturated heterocycles. The molecule has 0 amide bonds. The topological polar surface area (TPSA) is 78.1 Å². The number of ether oxygens (including phenoxy) is 1. The van der Waals surface area contributed by atoms with Gasteiger partial charge in [-0.3, -0.25) is 9.88 Å². The summed E-state index contributed by atoms with van der Waals surface area (Å²) >= 11 is 0. The van der Waals surface area contributed by atoms with Crippen molar-refractivity contribution in [2.45, 2.75) is 19.8 Å². The smallest absolute Gasteiger partial charge is 0.340 e. The molecule has 0 N–H and O–H groups in total. The van der Waals surface area contributed by atoms with Crippen molar-refractivity contribution in [3.63, 3.8) is 0 Å². The molecule has 6 rings (SSSR count). The number of likely N-dealkylation sites (N-methyl/N-ethyl adjacent to an activating group) is 1. The third-order valence-corrected chi connectivity index (χ3v) is 8.14. The van der Waals surface area contributed by atoms with Crippen LogP contribution in [0.2, 0.25) is 0 Å². The van der Waals surface area contributed by atoms with E-state index in [-0.39, 0.29) is 18.2 Å². The van der Waals surface area contributed by atoms with Gasteiger partial charge in [0.1, 0.15) is 17.3 Å². The number of aromatic nitrogens is 2. The number of aliphatic imine (C=N–C) groups is 2. The largest absolute Gasteiger partial charge is 0.614 e. The van der Waals surface area contributed by atoms with E-state index in [1.54, 1.807) is 31.5 Å². The molecule has 1 atom stereocenters. The molecule has 1 unspecified atom stereocenters. The molecule has 2 aromatic heterocycles. The standard InChI is InChI=1S/C35H35FN6O2/c1-24-31(21-25-10-5-6-14-30(25)36)38-35-39-33(27-15-18-40(2)22-27)32(23-41(3)19-16-28-12-7-8-17-37-28)42(35,43)34(24)26-11-9-13-29(20-26)44-4/h5-15,17-18,20,22H,16,19,21,23H2,1-4H3. The van der Waals surface area contributed by atoms with Gasteiger partial charge in [0, 0.05) is 67.4 Å². The minimum atomic E-state index is -0.933. The Labute approximate surface area is 257 Å². The van der Waals surface area contributed by atoms with Crippen molar-refractivity contribution in [3.05, 3.63) is 136 Å². The maximum absolute atomic E-state index is 15.6. The molecule has 0 radical (unpaired) electrons. The molecule has 0 spiro atoms. The second kappa shape index (κ2) is 12.1. The minimum absolute atomic E-state index is 0.117. The number of aryl methyl sites for hydroxylation is 1. The van der Waals surface area contributed by atoms with Gasteiger partial charge in [-0.05, 0) is 62.0 Å². The van der Waals surface area contributed by atoms with Gasteiger partial charge in [0.25, 0.3) is 0 Å². The Hall–Kier alpha value is -4.70. The first-order valence-electron chi connectivity index (χ1n) is 14.6. The van der Waals surface area contributed by atoms with Crippen LogP contribution in [0.25, 0.3) is 11.4 Å². The fraction of sp³-hybridized carbons (Fsp3) is 0.229. The molecule has 0 aliphatic carbocycles. The van der Waals surface area contributed by atoms with Crippen LogP contribution in [0.1, 0.15) is 29.3 Å². The molecule has 0 saturated carbocycles. The Morgan fingerprint density at radius 2 is 1.82 bits per heavy atom. The first kappa shape index (κ1) is 29.4. The number of hydrogen-bond donors (Lipinski definition) is 0. The Bertz CT molecular complexity index is 1820. The summed E-state index contributed by atoms with van der Waals surface area (Å²) in [4.78, 5) is 16.4. The average molecular weight is 591 g/mol. The van der Waals surface area contributed by atoms with E-state index in [4.69, 9.17) is 14.7 Å². The average Bonchev–Trinajstić information content (AvgIpc) is 3.58. The molecule has 224 valence electrons. The van der Waals surface area contributed by atoms with E-state index in [9.17, 15) is 4.39 Å². The van der Waals surface area contributed by atoms with Crippen LogP contribution in [0, 0.1) is 11.0 Å². The lowest BCUT2D eigenvalue weighted by Crippen LogP contribution is -2.48. The number of pyridine rings is 1. The van der Waals surface area contributed by atoms with Crippen molar-refractivity contribution in [1.29, 1.82) is 0 Å². The first-order chi connectivity index (χ1) is 21.3. The van der Waals surface area contributed by atoms with Crippen LogP contribution in [0.5, 0.6) is 5.75 Å². The van der Waals surface area contributed by atoms with Gasteiger partial charge in [-0.25, -0.2) is 9.04 Å². The summed E-state index contributed by atoms with van der Waals surface area (Å²) in [6, 6.07) is 22.0. The zero-order chi connectivity index (χ0) is 30.8. The lowest BCUT2D eigenvalue weighted by molar-refractivity contribution is -0.665. The van der Waals surface area contributed by atoms with E-state index in [1.807, 2.05) is 86.5 Å². The van der Waals surface area contributed by atoms with Crippen molar-refractivity contribution < 1.29 is 13.8 Å². The quantitative estimate of drug-likeness (QED) is 0.162. The van der Waals surface area contributed by atoms with Crippen LogP contribution in [-0.2, 0) is 19.9 Å². The van der Waals surface area contributed by atoms with Crippen LogP contribution in [-0.4, -0.2) is 58.0 Å². The van der Waals surface area contributed by atoms with Gasteiger partial charge < -0.3 is 14.5 Å². The predicted molar refractivity (Wildman–Crippen MR) is 172 cm³/mol. The van der Waals surface area contributed by atoms with Gasteiger partial charge in [0.15, 0.2) is 11.4 Å². The van der Waals surface area contributed by atoms with Crippen LogP contribution < -0.4 is 4.74 Å². The maximum atomic E-state index is 15.6. The number of benzene rings is 2. The number of rotatable bonds is 10. The van der Waals surface area contributed by atoms with E-state index in [2.05, 4.69) is 9.88 Å². The number of allylic oxidation sites excluding steroid dienone is 1. The van der Waals surface area contributed by atoms with Gasteiger partial charge in [-0.2, -0.15) is 9.98 Å². The van der Waals surface area contributed by atoms with Crippen molar-refractivity contribution >= 4 is 23.1 Å². The molecule has 4 heterocycles. The number of hydroxylamine groups is 3. The van der Waals surface area contributed by atoms with Gasteiger partial charge in [0.2, 0.25) is 0 Å². The number of halogens is 1. The van der Waals surface area contributed by atoms with E-state index >= 15 is 5.21 Å². The normalized spacial score (nSPS) is 18.1. The zero-order valence-electron chi connectivity index (χ0n) is 25.4. The molecule has 8 nitrogen and oxygen atoms in total. The van der Waals surface area contributed by atoms with Crippen LogP contribution in [0.4, 0.5) is 4.39 Å². The second-order valence-corrected chi connectivity index (χ2v) is 11.2. The molecular formula is C35H35FN6O2. The highest BCUT2D eigenvalue weighted by Gasteiger charge is 2.48. The second-order valence-electron chi connectivity index (χ2n) is 11.2. The van der Waals surface area contributed by atoms with E-state index in [0.29, 0.717) is 58.3 Å². The monoisotopic (exact) mass is 590 g/mol. The molecule has 2 aromatic carbocycles. The highest BCUT2D eigenvalue weighted by molar-refractivity contribution is 6.15. The summed E-state index contributed by atoms with van der Waals surface area (Å²) in [6.07, 6.45) is 6.66. The Morgan fingerprint density at radius 1 is 1.00 bits per heavy atom. The molecule has 9 heteroatoms. The van der Waals surface area contributed by atoms with Gasteiger partial charge in [0.05, 0.1) is 19.4 Å². The number of quaternary nitrogens is 1. The fourth-order valence-corrected chi connectivity index (χ4v) is 5.81. The van der Waals surface area contributed by atoms with Crippen LogP contribution in [0.3, 0.4) is 0 Å². The lowest BCUT2D eigenvalue weighted by Gasteiger charge is -2.43. The van der Waals surface area contributed by atoms with Crippen molar-refractivity contribution in [3.8, 4) is 5.75 Å². The van der Waals surface area contributed by atoms with Gasteiger partial charge >= 0.3 is 5.96 Å². The first-order valence-corrected chi connectivity index (χ1v) is 14.6. The molecule has 0 bridgehead atoms. The van der Waals surface area contributed by atoms with Crippen molar-refractivity contribution in [2.75, 3.05) is 27.2 Å². The molecule has 0 fully saturated rings. The van der Waals surface area contributed by atoms with Gasteiger partial charge in [-0.15, -0.1) is 0 Å². The van der Waals surface area contributed by atoms with Crippen molar-refractivity contribution in [1.82, 2.24) is 14.5 Å². The number of fused-ring (bicyclic) bond motifs is 1. The van der Waals surface area contributed by atoms with E-state index in [0.717, 1.165) is 17.7 Å². The molecule has 4 aromatic rings. The summed E-state index contributed by atoms with van der Waals surface area (Å²) in [6.45, 7) is 2.94. The lowest BCUT2D eigenvalue weighted by atomic mass is 9.95. The molecular weight excluding hydrogens is 555 g/mol. The number of methoxy groups -OCH3 is 1. The predicted octanol–water partition coefficient (Wildman–Crippen LogP) is 6.22.